The number of hydrogen-bond donors (Lipinski definition) is 4. The Morgan fingerprint density at radius 1 is 0.750 bits per heavy atom. The number of benzene rings is 2. The Morgan fingerprint density at radius 2 is 1.23 bits per heavy atom. The van der Waals surface area contributed by atoms with Crippen molar-refractivity contribution in [3.63, 3.8) is 0 Å². The lowest BCUT2D eigenvalue weighted by Gasteiger charge is -2.36. The number of nitrogens with two attached hydrogens (primary N) is 1. The number of nitrogens with zero attached hydrogens (tertiary/aromatic N) is 4. The van der Waals surface area contributed by atoms with Gasteiger partial charge in [-0.1, -0.05) is 60.7 Å². The zero-order valence-electron chi connectivity index (χ0n) is 30.2. The molecule has 1 aliphatic heterocycles. The second-order valence-corrected chi connectivity index (χ2v) is 13.2. The molecule has 2 aromatic carbocycles. The number of hydrazine groups is 1. The predicted octanol–water partition coefficient (Wildman–Crippen LogP) is 1.27. The van der Waals surface area contributed by atoms with Crippen molar-refractivity contribution in [3.05, 3.63) is 83.9 Å². The van der Waals surface area contributed by atoms with E-state index in [2.05, 4.69) is 16.1 Å². The Labute approximate surface area is 303 Å². The minimum atomic E-state index is -1.22. The smallest absolute Gasteiger partial charge is 0.410 e. The van der Waals surface area contributed by atoms with Crippen LogP contribution in [0.4, 0.5) is 9.59 Å². The van der Waals surface area contributed by atoms with Gasteiger partial charge in [-0.2, -0.15) is 0 Å². The van der Waals surface area contributed by atoms with Crippen LogP contribution in [0, 0.1) is 0 Å². The topological polar surface area (TPSA) is 204 Å². The van der Waals surface area contributed by atoms with Crippen molar-refractivity contribution >= 4 is 41.7 Å². The van der Waals surface area contributed by atoms with E-state index >= 15 is 0 Å². The van der Waals surface area contributed by atoms with Gasteiger partial charge in [-0.05, 0) is 45.7 Å². The number of nitrogens with one attached hydrogen (secondary N) is 3. The van der Waals surface area contributed by atoms with E-state index in [4.69, 9.17) is 10.5 Å². The summed E-state index contributed by atoms with van der Waals surface area (Å²) in [4.78, 5) is 93.5. The molecule has 3 rings (SSSR count). The third-order valence-corrected chi connectivity index (χ3v) is 7.64. The Bertz CT molecular complexity index is 1560. The highest BCUT2D eigenvalue weighted by molar-refractivity contribution is 5.99. The molecule has 280 valence electrons. The first-order valence-electron chi connectivity index (χ1n) is 16.8. The van der Waals surface area contributed by atoms with Gasteiger partial charge in [0.1, 0.15) is 24.2 Å². The second-order valence-electron chi connectivity index (χ2n) is 13.2. The molecule has 0 spiro atoms. The van der Waals surface area contributed by atoms with Gasteiger partial charge in [0, 0.05) is 51.4 Å². The third kappa shape index (κ3) is 13.4. The molecule has 1 fully saturated rings. The maximum absolute atomic E-state index is 13.3. The molecule has 16 nitrogen and oxygen atoms in total. The average molecular weight is 721 g/mol. The highest BCUT2D eigenvalue weighted by atomic mass is 16.6. The summed E-state index contributed by atoms with van der Waals surface area (Å²) < 4.78 is 5.37. The monoisotopic (exact) mass is 720 g/mol. The minimum Gasteiger partial charge on any atom is -0.444 e. The molecule has 0 bridgehead atoms. The second kappa shape index (κ2) is 18.9. The minimum absolute atomic E-state index is 0.222. The molecule has 1 heterocycles. The number of hydrogen-bond acceptors (Lipinski definition) is 8. The number of rotatable bonds is 12. The van der Waals surface area contributed by atoms with E-state index in [1.54, 1.807) is 20.8 Å². The zero-order valence-corrected chi connectivity index (χ0v) is 30.2. The quantitative estimate of drug-likeness (QED) is 0.185. The van der Waals surface area contributed by atoms with Crippen molar-refractivity contribution < 1.29 is 38.3 Å². The van der Waals surface area contributed by atoms with E-state index in [1.807, 2.05) is 60.7 Å². The van der Waals surface area contributed by atoms with E-state index < -0.39 is 65.9 Å². The Morgan fingerprint density at radius 3 is 1.73 bits per heavy atom. The lowest BCUT2D eigenvalue weighted by molar-refractivity contribution is -0.142. The van der Waals surface area contributed by atoms with Crippen molar-refractivity contribution in [3.8, 4) is 0 Å². The molecular formula is C36H48N8O8. The summed E-state index contributed by atoms with van der Waals surface area (Å²) >= 11 is 0. The van der Waals surface area contributed by atoms with Gasteiger partial charge in [0.2, 0.25) is 17.7 Å². The first-order valence-corrected chi connectivity index (χ1v) is 16.8. The zero-order chi connectivity index (χ0) is 38.4. The Balaban J connectivity index is 1.55. The first kappa shape index (κ1) is 40.5. The molecule has 0 aromatic heterocycles. The summed E-state index contributed by atoms with van der Waals surface area (Å²) in [6, 6.07) is 15.8. The van der Waals surface area contributed by atoms with Gasteiger partial charge < -0.3 is 35.8 Å². The molecule has 52 heavy (non-hydrogen) atoms. The fraction of sp³-hybridized carbons (Fsp3) is 0.417. The van der Waals surface area contributed by atoms with Crippen LogP contribution in [0.2, 0.25) is 0 Å². The SMILES string of the molecule is C[C@H](NC(=O)[C@H](C)NC(=O)N1CCN(C(=O)OC(C)(C)C)CC1)C(=O)NN(CC(N)=O)C(=O)/C=C/C(=O)N(Cc1ccccc1)Cc1ccccc1. The van der Waals surface area contributed by atoms with Crippen molar-refractivity contribution in [2.75, 3.05) is 32.7 Å². The first-order chi connectivity index (χ1) is 24.5. The van der Waals surface area contributed by atoms with E-state index in [9.17, 15) is 33.6 Å². The van der Waals surface area contributed by atoms with Gasteiger partial charge in [-0.25, -0.2) is 14.6 Å². The maximum atomic E-state index is 13.3. The highest BCUT2D eigenvalue weighted by Gasteiger charge is 2.30. The summed E-state index contributed by atoms with van der Waals surface area (Å²) in [5.41, 5.74) is 8.67. The van der Waals surface area contributed by atoms with Gasteiger partial charge in [0.15, 0.2) is 0 Å². The molecule has 1 aliphatic rings. The Kier molecular flexibility index (Phi) is 14.7. The van der Waals surface area contributed by atoms with Gasteiger partial charge >= 0.3 is 12.1 Å². The molecule has 0 radical (unpaired) electrons. The fourth-order valence-electron chi connectivity index (χ4n) is 4.88. The van der Waals surface area contributed by atoms with Gasteiger partial charge in [-0.15, -0.1) is 0 Å². The predicted molar refractivity (Wildman–Crippen MR) is 190 cm³/mol. The Hall–Kier alpha value is -5.93. The summed E-state index contributed by atoms with van der Waals surface area (Å²) in [6.07, 6.45) is 1.49. The fourth-order valence-corrected chi connectivity index (χ4v) is 4.88. The van der Waals surface area contributed by atoms with Crippen molar-refractivity contribution in [2.24, 2.45) is 5.73 Å². The molecular weight excluding hydrogens is 672 g/mol. The number of carbonyl (C=O) groups is 7. The lowest BCUT2D eigenvalue weighted by atomic mass is 10.1. The summed E-state index contributed by atoms with van der Waals surface area (Å²) in [5.74, 6) is -3.91. The van der Waals surface area contributed by atoms with E-state index in [0.29, 0.717) is 5.01 Å². The van der Waals surface area contributed by atoms with Crippen LogP contribution in [0.3, 0.4) is 0 Å². The number of ether oxygens (including phenoxy) is 1. The highest BCUT2D eigenvalue weighted by Crippen LogP contribution is 2.13. The molecule has 5 N–H and O–H groups in total. The largest absolute Gasteiger partial charge is 0.444 e. The van der Waals surface area contributed by atoms with Crippen LogP contribution in [-0.2, 0) is 41.8 Å². The summed E-state index contributed by atoms with van der Waals surface area (Å²) in [5, 5.41) is 5.66. The third-order valence-electron chi connectivity index (χ3n) is 7.64. The number of urea groups is 1. The van der Waals surface area contributed by atoms with Crippen LogP contribution in [0.25, 0.3) is 0 Å². The van der Waals surface area contributed by atoms with Crippen molar-refractivity contribution in [2.45, 2.75) is 65.4 Å². The van der Waals surface area contributed by atoms with E-state index in [0.717, 1.165) is 23.3 Å². The normalized spacial score (nSPS) is 14.1. The van der Waals surface area contributed by atoms with Crippen molar-refractivity contribution in [1.29, 1.82) is 0 Å². The van der Waals surface area contributed by atoms with Gasteiger partial charge in [0.05, 0.1) is 0 Å². The van der Waals surface area contributed by atoms with Crippen LogP contribution in [0.15, 0.2) is 72.8 Å². The van der Waals surface area contributed by atoms with Crippen LogP contribution in [0.1, 0.15) is 45.7 Å². The lowest BCUT2D eigenvalue weighted by Crippen LogP contribution is -2.58. The van der Waals surface area contributed by atoms with Gasteiger partial charge in [0.25, 0.3) is 11.8 Å². The maximum Gasteiger partial charge on any atom is 0.410 e. The van der Waals surface area contributed by atoms with Gasteiger partial charge in [-0.3, -0.25) is 29.4 Å². The standard InChI is InChI=1S/C36H48N8O8/c1-25(39-34(50)41-18-20-42(21-19-41)35(51)52-36(3,4)5)32(48)38-26(2)33(49)40-44(24-29(37)45)31(47)17-16-30(46)43(22-27-12-8-6-9-13-27)23-28-14-10-7-11-15-28/h6-17,25-26H,18-24H2,1-5H3,(H2,37,45)(H,38,48)(H,39,50)(H,40,49)/b17-16+/t25-,26-/m0/s1. The average Bonchev–Trinajstić information content (AvgIpc) is 3.09. The molecule has 0 unspecified atom stereocenters. The van der Waals surface area contributed by atoms with E-state index in [1.165, 1.54) is 28.5 Å². The molecule has 16 heteroatoms. The number of primary amides is 1. The summed E-state index contributed by atoms with van der Waals surface area (Å²) in [6.45, 7) is 8.82. The molecule has 0 aliphatic carbocycles. The molecule has 0 saturated carbocycles. The van der Waals surface area contributed by atoms with Crippen molar-refractivity contribution in [1.82, 2.24) is 35.8 Å². The molecule has 8 amide bonds. The molecule has 2 atom stereocenters. The molecule has 1 saturated heterocycles. The van der Waals surface area contributed by atoms with Crippen LogP contribution >= 0.6 is 0 Å². The summed E-state index contributed by atoms with van der Waals surface area (Å²) in [7, 11) is 0. The number of amides is 8. The van der Waals surface area contributed by atoms with E-state index in [-0.39, 0.29) is 39.3 Å². The molecule has 2 aromatic rings. The van der Waals surface area contributed by atoms with Crippen LogP contribution in [-0.4, -0.2) is 112 Å². The van der Waals surface area contributed by atoms with Crippen LogP contribution in [0.5, 0.6) is 0 Å². The number of piperazine rings is 1. The van der Waals surface area contributed by atoms with Crippen LogP contribution < -0.4 is 21.8 Å². The number of carbonyl (C=O) groups excluding carboxylic acids is 7.